The Hall–Kier alpha value is -3.37. The SMILES string of the molecule is Cc1nn(CC(=O)OCc2nc3ccccc3n2C(F)F)c(C)c1[N+](=O)[O-]. The van der Waals surface area contributed by atoms with E-state index in [0.717, 1.165) is 4.68 Å². The van der Waals surface area contributed by atoms with Gasteiger partial charge in [0.05, 0.1) is 16.0 Å². The molecule has 0 aliphatic rings. The number of nitro groups is 1. The number of halogens is 2. The summed E-state index contributed by atoms with van der Waals surface area (Å²) < 4.78 is 33.6. The van der Waals surface area contributed by atoms with Crippen LogP contribution in [0.15, 0.2) is 24.3 Å². The van der Waals surface area contributed by atoms with Crippen LogP contribution < -0.4 is 0 Å². The number of alkyl halides is 2. The molecule has 0 fully saturated rings. The van der Waals surface area contributed by atoms with E-state index in [0.29, 0.717) is 10.1 Å². The van der Waals surface area contributed by atoms with E-state index in [1.807, 2.05) is 0 Å². The third kappa shape index (κ3) is 3.48. The number of esters is 1. The fraction of sp³-hybridized carbons (Fsp3) is 0.312. The fourth-order valence-corrected chi connectivity index (χ4v) is 2.83. The van der Waals surface area contributed by atoms with Gasteiger partial charge in [-0.1, -0.05) is 12.1 Å². The van der Waals surface area contributed by atoms with Gasteiger partial charge in [0.1, 0.15) is 24.5 Å². The van der Waals surface area contributed by atoms with E-state index >= 15 is 0 Å². The zero-order valence-electron chi connectivity index (χ0n) is 14.4. The zero-order valence-corrected chi connectivity index (χ0v) is 14.4. The van der Waals surface area contributed by atoms with Gasteiger partial charge in [-0.3, -0.25) is 24.2 Å². The van der Waals surface area contributed by atoms with Gasteiger partial charge in [-0.2, -0.15) is 13.9 Å². The molecule has 2 aromatic heterocycles. The van der Waals surface area contributed by atoms with Crippen molar-refractivity contribution in [1.82, 2.24) is 19.3 Å². The van der Waals surface area contributed by atoms with E-state index in [1.54, 1.807) is 18.2 Å². The van der Waals surface area contributed by atoms with Gasteiger partial charge in [0.15, 0.2) is 5.82 Å². The number of aryl methyl sites for hydroxylation is 1. The first kappa shape index (κ1) is 18.4. The minimum atomic E-state index is -2.84. The van der Waals surface area contributed by atoms with E-state index in [1.165, 1.54) is 19.9 Å². The number of hydrogen-bond acceptors (Lipinski definition) is 6. The third-order valence-electron chi connectivity index (χ3n) is 4.03. The largest absolute Gasteiger partial charge is 0.456 e. The molecular formula is C16H15F2N5O4. The summed E-state index contributed by atoms with van der Waals surface area (Å²) in [6, 6.07) is 6.34. The molecule has 0 bridgehead atoms. The van der Waals surface area contributed by atoms with Gasteiger partial charge in [0.2, 0.25) is 0 Å². The molecule has 0 aliphatic heterocycles. The average molecular weight is 379 g/mol. The molecule has 0 unspecified atom stereocenters. The minimum Gasteiger partial charge on any atom is -0.456 e. The summed E-state index contributed by atoms with van der Waals surface area (Å²) in [6.07, 6.45) is 0. The van der Waals surface area contributed by atoms with E-state index in [4.69, 9.17) is 4.74 Å². The molecule has 1 aromatic carbocycles. The fourth-order valence-electron chi connectivity index (χ4n) is 2.83. The van der Waals surface area contributed by atoms with Gasteiger partial charge in [-0.15, -0.1) is 0 Å². The molecule has 27 heavy (non-hydrogen) atoms. The van der Waals surface area contributed by atoms with Crippen molar-refractivity contribution in [3.63, 3.8) is 0 Å². The first-order chi connectivity index (χ1) is 12.8. The lowest BCUT2D eigenvalue weighted by molar-refractivity contribution is -0.386. The maximum absolute atomic E-state index is 13.3. The van der Waals surface area contributed by atoms with Crippen LogP contribution in [0.1, 0.15) is 23.8 Å². The van der Waals surface area contributed by atoms with Gasteiger partial charge in [-0.25, -0.2) is 4.98 Å². The highest BCUT2D eigenvalue weighted by molar-refractivity contribution is 5.76. The number of benzene rings is 1. The summed E-state index contributed by atoms with van der Waals surface area (Å²) in [6.45, 7) is -0.765. The van der Waals surface area contributed by atoms with Crippen molar-refractivity contribution < 1.29 is 23.2 Å². The quantitative estimate of drug-likeness (QED) is 0.370. The van der Waals surface area contributed by atoms with Crippen molar-refractivity contribution >= 4 is 22.7 Å². The minimum absolute atomic E-state index is 0.0982. The standard InChI is InChI=1S/C16H15F2N5O4/c1-9-15(23(25)26)10(2)21(20-9)7-14(24)27-8-13-19-11-5-3-4-6-12(11)22(13)16(17)18/h3-6,16H,7-8H2,1-2H3. The highest BCUT2D eigenvalue weighted by Crippen LogP contribution is 2.24. The summed E-state index contributed by atoms with van der Waals surface area (Å²) in [4.78, 5) is 26.5. The number of aromatic nitrogens is 4. The van der Waals surface area contributed by atoms with Crippen molar-refractivity contribution in [3.8, 4) is 0 Å². The van der Waals surface area contributed by atoms with Gasteiger partial charge in [0.25, 0.3) is 0 Å². The number of para-hydroxylation sites is 2. The van der Waals surface area contributed by atoms with Gasteiger partial charge >= 0.3 is 18.2 Å². The number of rotatable bonds is 6. The number of carbonyl (C=O) groups excluding carboxylic acids is 1. The summed E-state index contributed by atoms with van der Waals surface area (Å²) in [7, 11) is 0. The molecule has 0 aliphatic carbocycles. The van der Waals surface area contributed by atoms with E-state index in [9.17, 15) is 23.7 Å². The topological polar surface area (TPSA) is 105 Å². The van der Waals surface area contributed by atoms with Crippen molar-refractivity contribution in [1.29, 1.82) is 0 Å². The zero-order chi connectivity index (χ0) is 19.7. The Morgan fingerprint density at radius 2 is 2.04 bits per heavy atom. The number of fused-ring (bicyclic) bond motifs is 1. The maximum Gasteiger partial charge on any atom is 0.328 e. The van der Waals surface area contributed by atoms with Crippen molar-refractivity contribution in [2.75, 3.05) is 0 Å². The maximum atomic E-state index is 13.3. The number of nitrogens with zero attached hydrogens (tertiary/aromatic N) is 5. The molecule has 0 atom stereocenters. The molecule has 2 heterocycles. The lowest BCUT2D eigenvalue weighted by Gasteiger charge is -2.09. The molecule has 0 saturated carbocycles. The van der Waals surface area contributed by atoms with Crippen LogP contribution in [0.25, 0.3) is 11.0 Å². The van der Waals surface area contributed by atoms with Crippen LogP contribution in [0.3, 0.4) is 0 Å². The predicted molar refractivity (Wildman–Crippen MR) is 89.1 cm³/mol. The molecular weight excluding hydrogens is 364 g/mol. The molecule has 0 radical (unpaired) electrons. The Morgan fingerprint density at radius 3 is 2.67 bits per heavy atom. The number of ether oxygens (including phenoxy) is 1. The van der Waals surface area contributed by atoms with Crippen LogP contribution in [0.2, 0.25) is 0 Å². The second-order valence-corrected chi connectivity index (χ2v) is 5.76. The van der Waals surface area contributed by atoms with Crippen LogP contribution >= 0.6 is 0 Å². The Balaban J connectivity index is 1.75. The van der Waals surface area contributed by atoms with E-state index in [2.05, 4.69) is 10.1 Å². The van der Waals surface area contributed by atoms with Crippen LogP contribution in [0, 0.1) is 24.0 Å². The van der Waals surface area contributed by atoms with Crippen LogP contribution in [-0.4, -0.2) is 30.2 Å². The highest BCUT2D eigenvalue weighted by atomic mass is 19.3. The third-order valence-corrected chi connectivity index (χ3v) is 4.03. The van der Waals surface area contributed by atoms with Crippen molar-refractivity contribution in [3.05, 3.63) is 51.6 Å². The molecule has 0 amide bonds. The molecule has 11 heteroatoms. The van der Waals surface area contributed by atoms with Crippen LogP contribution in [-0.2, 0) is 22.7 Å². The summed E-state index contributed by atoms with van der Waals surface area (Å²) in [5.41, 5.74) is 0.784. The molecule has 0 N–H and O–H groups in total. The molecule has 3 rings (SSSR count). The van der Waals surface area contributed by atoms with Gasteiger partial charge in [0, 0.05) is 0 Å². The average Bonchev–Trinajstić information content (AvgIpc) is 3.10. The smallest absolute Gasteiger partial charge is 0.328 e. The summed E-state index contributed by atoms with van der Waals surface area (Å²) in [5, 5.41) is 14.9. The summed E-state index contributed by atoms with van der Waals surface area (Å²) >= 11 is 0. The highest BCUT2D eigenvalue weighted by Gasteiger charge is 2.24. The lowest BCUT2D eigenvalue weighted by Crippen LogP contribution is -2.17. The Morgan fingerprint density at radius 1 is 1.33 bits per heavy atom. The Bertz CT molecular complexity index is 1030. The normalized spacial score (nSPS) is 11.3. The summed E-state index contributed by atoms with van der Waals surface area (Å²) in [5.74, 6) is -0.873. The molecule has 0 saturated heterocycles. The molecule has 0 spiro atoms. The van der Waals surface area contributed by atoms with Gasteiger partial charge in [-0.05, 0) is 26.0 Å². The number of imidazole rings is 1. The number of carbonyl (C=O) groups is 1. The van der Waals surface area contributed by atoms with Gasteiger partial charge < -0.3 is 4.74 Å². The number of hydrogen-bond donors (Lipinski definition) is 0. The lowest BCUT2D eigenvalue weighted by atomic mass is 10.3. The molecule has 9 nitrogen and oxygen atoms in total. The monoisotopic (exact) mass is 379 g/mol. The predicted octanol–water partition coefficient (Wildman–Crippen LogP) is 2.90. The second kappa shape index (κ2) is 7.09. The second-order valence-electron chi connectivity index (χ2n) is 5.76. The molecule has 142 valence electrons. The van der Waals surface area contributed by atoms with Crippen molar-refractivity contribution in [2.45, 2.75) is 33.5 Å². The van der Waals surface area contributed by atoms with E-state index < -0.39 is 24.0 Å². The van der Waals surface area contributed by atoms with Crippen LogP contribution in [0.4, 0.5) is 14.5 Å². The van der Waals surface area contributed by atoms with Crippen molar-refractivity contribution in [2.24, 2.45) is 0 Å². The Labute approximate surface area is 151 Å². The Kier molecular flexibility index (Phi) is 4.84. The first-order valence-electron chi connectivity index (χ1n) is 7.87. The molecule has 3 aromatic rings. The first-order valence-corrected chi connectivity index (χ1v) is 7.87. The van der Waals surface area contributed by atoms with Crippen LogP contribution in [0.5, 0.6) is 0 Å². The van der Waals surface area contributed by atoms with E-state index in [-0.39, 0.29) is 35.0 Å².